The highest BCUT2D eigenvalue weighted by Crippen LogP contribution is 2.33. The summed E-state index contributed by atoms with van der Waals surface area (Å²) < 4.78 is 0. The number of halogens is 2. The zero-order chi connectivity index (χ0) is 14.7. The van der Waals surface area contributed by atoms with Gasteiger partial charge in [0.05, 0.1) is 6.04 Å². The molecule has 0 radical (unpaired) electrons. The number of likely N-dealkylation sites (tertiary alicyclic amines) is 1. The molecule has 1 aromatic rings. The molecule has 1 amide bonds. The first kappa shape index (κ1) is 15.6. The van der Waals surface area contributed by atoms with Crippen molar-refractivity contribution in [2.75, 3.05) is 6.54 Å². The SMILES string of the molecule is CCCN1C(=O)CCCC(N)C1c1cc(Cl)cc(Cl)c1. The van der Waals surface area contributed by atoms with Gasteiger partial charge in [0.25, 0.3) is 0 Å². The molecule has 1 fully saturated rings. The predicted molar refractivity (Wildman–Crippen MR) is 83.0 cm³/mol. The number of carbonyl (C=O) groups excluding carboxylic acids is 1. The number of hydrogen-bond donors (Lipinski definition) is 1. The summed E-state index contributed by atoms with van der Waals surface area (Å²) in [5.74, 6) is 0.167. The molecule has 0 aliphatic carbocycles. The first-order valence-corrected chi connectivity index (χ1v) is 7.79. The monoisotopic (exact) mass is 314 g/mol. The summed E-state index contributed by atoms with van der Waals surface area (Å²) in [7, 11) is 0. The van der Waals surface area contributed by atoms with Crippen molar-refractivity contribution in [1.82, 2.24) is 4.90 Å². The second-order valence-corrected chi connectivity index (χ2v) is 6.16. The van der Waals surface area contributed by atoms with Gasteiger partial charge in [-0.3, -0.25) is 4.79 Å². The molecule has 20 heavy (non-hydrogen) atoms. The van der Waals surface area contributed by atoms with E-state index in [1.54, 1.807) is 6.07 Å². The smallest absolute Gasteiger partial charge is 0.223 e. The molecular weight excluding hydrogens is 295 g/mol. The maximum atomic E-state index is 12.3. The fourth-order valence-electron chi connectivity index (χ4n) is 2.85. The molecule has 3 nitrogen and oxygen atoms in total. The molecule has 2 N–H and O–H groups in total. The summed E-state index contributed by atoms with van der Waals surface area (Å²) in [4.78, 5) is 14.2. The lowest BCUT2D eigenvalue weighted by Gasteiger charge is -2.34. The van der Waals surface area contributed by atoms with E-state index >= 15 is 0 Å². The summed E-state index contributed by atoms with van der Waals surface area (Å²) in [6, 6.07) is 5.20. The third kappa shape index (κ3) is 3.46. The molecule has 1 saturated heterocycles. The van der Waals surface area contributed by atoms with Crippen LogP contribution in [-0.4, -0.2) is 23.4 Å². The third-order valence-electron chi connectivity index (χ3n) is 3.68. The molecule has 2 rings (SSSR count). The molecule has 1 aliphatic heterocycles. The normalized spacial score (nSPS) is 23.8. The van der Waals surface area contributed by atoms with Crippen LogP contribution < -0.4 is 5.73 Å². The van der Waals surface area contributed by atoms with Crippen molar-refractivity contribution in [2.45, 2.75) is 44.7 Å². The molecular formula is C15H20Cl2N2O. The topological polar surface area (TPSA) is 46.3 Å². The molecule has 0 spiro atoms. The van der Waals surface area contributed by atoms with Gasteiger partial charge in [0.15, 0.2) is 0 Å². The van der Waals surface area contributed by atoms with E-state index in [4.69, 9.17) is 28.9 Å². The van der Waals surface area contributed by atoms with Gasteiger partial charge < -0.3 is 10.6 Å². The standard InChI is InChI=1S/C15H20Cl2N2O/c1-2-6-19-14(20)5-3-4-13(18)15(19)10-7-11(16)9-12(17)8-10/h7-9,13,15H,2-6,18H2,1H3. The van der Waals surface area contributed by atoms with Crippen LogP contribution in [0.15, 0.2) is 18.2 Å². The van der Waals surface area contributed by atoms with Crippen LogP contribution >= 0.6 is 23.2 Å². The van der Waals surface area contributed by atoms with Crippen molar-refractivity contribution >= 4 is 29.1 Å². The summed E-state index contributed by atoms with van der Waals surface area (Å²) >= 11 is 12.2. The minimum Gasteiger partial charge on any atom is -0.334 e. The van der Waals surface area contributed by atoms with E-state index in [0.29, 0.717) is 23.0 Å². The summed E-state index contributed by atoms with van der Waals surface area (Å²) in [5.41, 5.74) is 7.24. The van der Waals surface area contributed by atoms with Gasteiger partial charge in [-0.25, -0.2) is 0 Å². The van der Waals surface area contributed by atoms with Crippen LogP contribution in [0, 0.1) is 0 Å². The van der Waals surface area contributed by atoms with E-state index in [2.05, 4.69) is 6.92 Å². The van der Waals surface area contributed by atoms with Gasteiger partial charge >= 0.3 is 0 Å². The van der Waals surface area contributed by atoms with E-state index < -0.39 is 0 Å². The van der Waals surface area contributed by atoms with E-state index in [1.807, 2.05) is 17.0 Å². The summed E-state index contributed by atoms with van der Waals surface area (Å²) in [6.45, 7) is 2.77. The number of hydrogen-bond acceptors (Lipinski definition) is 2. The van der Waals surface area contributed by atoms with E-state index in [1.165, 1.54) is 0 Å². The number of carbonyl (C=O) groups is 1. The molecule has 0 saturated carbocycles. The largest absolute Gasteiger partial charge is 0.334 e. The van der Waals surface area contributed by atoms with E-state index in [-0.39, 0.29) is 18.0 Å². The summed E-state index contributed by atoms with van der Waals surface area (Å²) in [5, 5.41) is 1.15. The van der Waals surface area contributed by atoms with Crippen molar-refractivity contribution in [2.24, 2.45) is 5.73 Å². The Morgan fingerprint density at radius 1 is 1.30 bits per heavy atom. The van der Waals surface area contributed by atoms with Crippen LogP contribution in [0.2, 0.25) is 10.0 Å². The molecule has 2 unspecified atom stereocenters. The fourth-order valence-corrected chi connectivity index (χ4v) is 3.40. The highest BCUT2D eigenvalue weighted by Gasteiger charge is 2.32. The van der Waals surface area contributed by atoms with Gasteiger partial charge in [-0.2, -0.15) is 0 Å². The van der Waals surface area contributed by atoms with Crippen molar-refractivity contribution in [1.29, 1.82) is 0 Å². The Morgan fingerprint density at radius 3 is 2.55 bits per heavy atom. The van der Waals surface area contributed by atoms with Crippen molar-refractivity contribution in [3.63, 3.8) is 0 Å². The van der Waals surface area contributed by atoms with Crippen LogP contribution in [0.5, 0.6) is 0 Å². The third-order valence-corrected chi connectivity index (χ3v) is 4.12. The van der Waals surface area contributed by atoms with Crippen LogP contribution in [0.4, 0.5) is 0 Å². The van der Waals surface area contributed by atoms with Crippen LogP contribution in [0.3, 0.4) is 0 Å². The average molecular weight is 315 g/mol. The second-order valence-electron chi connectivity index (χ2n) is 5.29. The van der Waals surface area contributed by atoms with Crippen LogP contribution in [0.25, 0.3) is 0 Å². The Morgan fingerprint density at radius 2 is 1.95 bits per heavy atom. The Hall–Kier alpha value is -0.770. The van der Waals surface area contributed by atoms with E-state index in [9.17, 15) is 4.79 Å². The zero-order valence-electron chi connectivity index (χ0n) is 11.6. The molecule has 0 bridgehead atoms. The molecule has 1 aliphatic rings. The number of nitrogens with two attached hydrogens (primary N) is 1. The zero-order valence-corrected chi connectivity index (χ0v) is 13.1. The molecule has 0 aromatic heterocycles. The molecule has 1 aromatic carbocycles. The molecule has 1 heterocycles. The Kier molecular flexibility index (Phi) is 5.30. The molecule has 5 heteroatoms. The van der Waals surface area contributed by atoms with Gasteiger partial charge in [0.2, 0.25) is 5.91 Å². The lowest BCUT2D eigenvalue weighted by molar-refractivity contribution is -0.133. The fraction of sp³-hybridized carbons (Fsp3) is 0.533. The van der Waals surface area contributed by atoms with Gasteiger partial charge in [0, 0.05) is 29.1 Å². The van der Waals surface area contributed by atoms with Gasteiger partial charge in [0.1, 0.15) is 0 Å². The van der Waals surface area contributed by atoms with Crippen LogP contribution in [-0.2, 0) is 4.79 Å². The van der Waals surface area contributed by atoms with Crippen molar-refractivity contribution < 1.29 is 4.79 Å². The van der Waals surface area contributed by atoms with Crippen molar-refractivity contribution in [3.8, 4) is 0 Å². The number of nitrogens with zero attached hydrogens (tertiary/aromatic N) is 1. The highest BCUT2D eigenvalue weighted by molar-refractivity contribution is 6.34. The average Bonchev–Trinajstić information content (AvgIpc) is 2.49. The maximum Gasteiger partial charge on any atom is 0.223 e. The first-order valence-electron chi connectivity index (χ1n) is 7.04. The number of rotatable bonds is 3. The number of amides is 1. The second kappa shape index (κ2) is 6.79. The van der Waals surface area contributed by atoms with Gasteiger partial charge in [-0.05, 0) is 43.0 Å². The minimum atomic E-state index is -0.138. The lowest BCUT2D eigenvalue weighted by atomic mass is 9.96. The Labute approximate surface area is 130 Å². The van der Waals surface area contributed by atoms with Crippen molar-refractivity contribution in [3.05, 3.63) is 33.8 Å². The minimum absolute atomic E-state index is 0.0810. The Bertz CT molecular complexity index is 473. The highest BCUT2D eigenvalue weighted by atomic mass is 35.5. The van der Waals surface area contributed by atoms with Gasteiger partial charge in [-0.15, -0.1) is 0 Å². The summed E-state index contributed by atoms with van der Waals surface area (Å²) in [6.07, 6.45) is 3.15. The first-order chi connectivity index (χ1) is 9.52. The van der Waals surface area contributed by atoms with Crippen LogP contribution in [0.1, 0.15) is 44.2 Å². The molecule has 2 atom stereocenters. The quantitative estimate of drug-likeness (QED) is 0.922. The van der Waals surface area contributed by atoms with E-state index in [0.717, 1.165) is 24.8 Å². The number of benzene rings is 1. The lowest BCUT2D eigenvalue weighted by Crippen LogP contribution is -2.42. The Balaban J connectivity index is 2.42. The predicted octanol–water partition coefficient (Wildman–Crippen LogP) is 3.78. The molecule has 110 valence electrons. The maximum absolute atomic E-state index is 12.3. The van der Waals surface area contributed by atoms with Gasteiger partial charge in [-0.1, -0.05) is 30.1 Å².